The van der Waals surface area contributed by atoms with E-state index in [4.69, 9.17) is 0 Å². The van der Waals surface area contributed by atoms with E-state index >= 15 is 0 Å². The maximum absolute atomic E-state index is 10.0. The first-order valence-corrected chi connectivity index (χ1v) is 7.10. The van der Waals surface area contributed by atoms with Crippen LogP contribution in [0, 0.1) is 0 Å². The number of aromatic hydroxyl groups is 4. The Hall–Kier alpha value is -2.82. The van der Waals surface area contributed by atoms with Gasteiger partial charge in [-0.3, -0.25) is 0 Å². The Morgan fingerprint density at radius 2 is 1.68 bits per heavy atom. The lowest BCUT2D eigenvalue weighted by Gasteiger charge is -2.37. The quantitative estimate of drug-likeness (QED) is 0.561. The van der Waals surface area contributed by atoms with Crippen molar-refractivity contribution in [1.82, 2.24) is 4.90 Å². The molecular formula is C17H15NO4. The third-order valence-electron chi connectivity index (χ3n) is 4.41. The maximum Gasteiger partial charge on any atom is 0.163 e. The van der Waals surface area contributed by atoms with Gasteiger partial charge in [0.2, 0.25) is 0 Å². The third-order valence-corrected chi connectivity index (χ3v) is 4.41. The summed E-state index contributed by atoms with van der Waals surface area (Å²) in [6.07, 6.45) is 2.68. The monoisotopic (exact) mass is 297 g/mol. The average Bonchev–Trinajstić information content (AvgIpc) is 2.51. The van der Waals surface area contributed by atoms with Gasteiger partial charge in [-0.15, -0.1) is 0 Å². The zero-order valence-electron chi connectivity index (χ0n) is 11.7. The van der Waals surface area contributed by atoms with Crippen molar-refractivity contribution in [2.24, 2.45) is 0 Å². The Labute approximate surface area is 127 Å². The Balaban J connectivity index is 1.91. The molecule has 0 aromatic heterocycles. The van der Waals surface area contributed by atoms with Crippen molar-refractivity contribution in [3.05, 3.63) is 46.5 Å². The number of hydrogen-bond acceptors (Lipinski definition) is 5. The van der Waals surface area contributed by atoms with E-state index in [0.717, 1.165) is 35.4 Å². The van der Waals surface area contributed by atoms with Crippen molar-refractivity contribution in [1.29, 1.82) is 0 Å². The van der Waals surface area contributed by atoms with Gasteiger partial charge in [0.25, 0.3) is 0 Å². The molecule has 5 nitrogen and oxygen atoms in total. The second-order valence-electron chi connectivity index (χ2n) is 5.70. The van der Waals surface area contributed by atoms with E-state index in [-0.39, 0.29) is 23.0 Å². The van der Waals surface area contributed by atoms with Gasteiger partial charge in [0.1, 0.15) is 0 Å². The number of hydrogen-bond donors (Lipinski definition) is 4. The van der Waals surface area contributed by atoms with E-state index in [1.165, 1.54) is 6.07 Å². The van der Waals surface area contributed by atoms with Gasteiger partial charge >= 0.3 is 0 Å². The highest BCUT2D eigenvalue weighted by atomic mass is 16.3. The first kappa shape index (κ1) is 12.9. The number of phenolic OH excluding ortho intramolecular Hbond substituents is 4. The van der Waals surface area contributed by atoms with Crippen LogP contribution in [0.1, 0.15) is 22.3 Å². The predicted molar refractivity (Wildman–Crippen MR) is 81.5 cm³/mol. The van der Waals surface area contributed by atoms with Crippen LogP contribution in [0.2, 0.25) is 0 Å². The lowest BCUT2D eigenvalue weighted by atomic mass is 9.90. The van der Waals surface area contributed by atoms with Crippen molar-refractivity contribution in [2.45, 2.75) is 13.0 Å². The number of fused-ring (bicyclic) bond motifs is 4. The summed E-state index contributed by atoms with van der Waals surface area (Å²) < 4.78 is 0. The van der Waals surface area contributed by atoms with Gasteiger partial charge in [-0.1, -0.05) is 6.07 Å². The summed E-state index contributed by atoms with van der Waals surface area (Å²) in [5, 5.41) is 39.1. The topological polar surface area (TPSA) is 84.2 Å². The molecule has 0 radical (unpaired) electrons. The number of benzene rings is 2. The van der Waals surface area contributed by atoms with Crippen LogP contribution in [0.15, 0.2) is 24.3 Å². The fourth-order valence-corrected chi connectivity index (χ4v) is 3.22. The van der Waals surface area contributed by atoms with Crippen molar-refractivity contribution >= 4 is 11.8 Å². The molecule has 2 aliphatic rings. The molecule has 4 N–H and O–H groups in total. The van der Waals surface area contributed by atoms with Crippen LogP contribution in [-0.2, 0) is 13.0 Å². The summed E-state index contributed by atoms with van der Waals surface area (Å²) in [4.78, 5) is 2.10. The maximum atomic E-state index is 10.0. The van der Waals surface area contributed by atoms with Crippen LogP contribution in [0.4, 0.5) is 0 Å². The minimum atomic E-state index is -0.138. The van der Waals surface area contributed by atoms with Crippen LogP contribution < -0.4 is 0 Å². The third kappa shape index (κ3) is 1.72. The zero-order chi connectivity index (χ0) is 15.4. The fraction of sp³-hybridized carbons (Fsp3) is 0.176. The molecular weight excluding hydrogens is 282 g/mol. The molecule has 4 rings (SSSR count). The highest BCUT2D eigenvalue weighted by Gasteiger charge is 2.28. The van der Waals surface area contributed by atoms with E-state index in [2.05, 4.69) is 4.90 Å². The lowest BCUT2D eigenvalue weighted by molar-refractivity contribution is 0.355. The second kappa shape index (κ2) is 4.34. The van der Waals surface area contributed by atoms with Crippen molar-refractivity contribution < 1.29 is 20.4 Å². The molecule has 2 aromatic carbocycles. The smallest absolute Gasteiger partial charge is 0.163 e. The molecule has 0 saturated heterocycles. The van der Waals surface area contributed by atoms with Gasteiger partial charge in [-0.25, -0.2) is 0 Å². The Bertz CT molecular complexity index is 826. The lowest BCUT2D eigenvalue weighted by Crippen LogP contribution is -2.31. The molecule has 22 heavy (non-hydrogen) atoms. The van der Waals surface area contributed by atoms with Crippen LogP contribution in [-0.4, -0.2) is 31.9 Å². The molecule has 0 saturated carbocycles. The van der Waals surface area contributed by atoms with E-state index in [1.54, 1.807) is 18.2 Å². The average molecular weight is 297 g/mol. The SMILES string of the molecule is Oc1cc2c(cc1O)C1=Cc3ccc(O)c(O)c3CN1CC2. The van der Waals surface area contributed by atoms with Gasteiger partial charge in [0.05, 0.1) is 0 Å². The highest BCUT2D eigenvalue weighted by Crippen LogP contribution is 2.43. The zero-order valence-corrected chi connectivity index (χ0v) is 11.7. The van der Waals surface area contributed by atoms with Gasteiger partial charge in [-0.05, 0) is 41.8 Å². The molecule has 0 amide bonds. The summed E-state index contributed by atoms with van der Waals surface area (Å²) in [6, 6.07) is 6.42. The molecule has 2 aliphatic heterocycles. The van der Waals surface area contributed by atoms with Crippen LogP contribution in [0.3, 0.4) is 0 Å². The first-order valence-electron chi connectivity index (χ1n) is 7.10. The second-order valence-corrected chi connectivity index (χ2v) is 5.70. The summed E-state index contributed by atoms with van der Waals surface area (Å²) in [5.74, 6) is -0.435. The van der Waals surface area contributed by atoms with Crippen molar-refractivity contribution in [3.8, 4) is 23.0 Å². The summed E-state index contributed by atoms with van der Waals surface area (Å²) in [5.41, 5.74) is 4.38. The number of rotatable bonds is 0. The van der Waals surface area contributed by atoms with E-state index in [0.29, 0.717) is 12.1 Å². The molecule has 0 aliphatic carbocycles. The number of nitrogens with zero attached hydrogens (tertiary/aromatic N) is 1. The largest absolute Gasteiger partial charge is 0.504 e. The van der Waals surface area contributed by atoms with E-state index < -0.39 is 0 Å². The Morgan fingerprint density at radius 1 is 0.909 bits per heavy atom. The Kier molecular flexibility index (Phi) is 2.54. The molecule has 0 atom stereocenters. The van der Waals surface area contributed by atoms with Crippen LogP contribution in [0.25, 0.3) is 11.8 Å². The highest BCUT2D eigenvalue weighted by molar-refractivity contribution is 5.87. The Morgan fingerprint density at radius 3 is 2.50 bits per heavy atom. The molecule has 0 unspecified atom stereocenters. The summed E-state index contributed by atoms with van der Waals surface area (Å²) in [6.45, 7) is 1.25. The van der Waals surface area contributed by atoms with Crippen LogP contribution in [0.5, 0.6) is 23.0 Å². The van der Waals surface area contributed by atoms with Gasteiger partial charge < -0.3 is 25.3 Å². The van der Waals surface area contributed by atoms with Gasteiger partial charge in [0, 0.05) is 29.9 Å². The number of phenols is 4. The fourth-order valence-electron chi connectivity index (χ4n) is 3.22. The van der Waals surface area contributed by atoms with E-state index in [9.17, 15) is 20.4 Å². The minimum Gasteiger partial charge on any atom is -0.504 e. The van der Waals surface area contributed by atoms with Crippen LogP contribution >= 0.6 is 0 Å². The normalized spacial score (nSPS) is 15.6. The van der Waals surface area contributed by atoms with Gasteiger partial charge in [0.15, 0.2) is 23.0 Å². The minimum absolute atomic E-state index is 0.0767. The molecule has 112 valence electrons. The van der Waals surface area contributed by atoms with Crippen molar-refractivity contribution in [2.75, 3.05) is 6.54 Å². The molecule has 2 heterocycles. The standard InChI is InChI=1S/C17H15NO4/c19-14-2-1-9-5-13-11-7-16(21)15(20)6-10(11)3-4-18(13)8-12(9)17(14)22/h1-2,5-7,19-22H,3-4,8H2. The molecule has 2 aromatic rings. The summed E-state index contributed by atoms with van der Waals surface area (Å²) in [7, 11) is 0. The summed E-state index contributed by atoms with van der Waals surface area (Å²) >= 11 is 0. The van der Waals surface area contributed by atoms with Gasteiger partial charge in [-0.2, -0.15) is 0 Å². The molecule has 0 bridgehead atoms. The van der Waals surface area contributed by atoms with Crippen molar-refractivity contribution in [3.63, 3.8) is 0 Å². The molecule has 0 spiro atoms. The van der Waals surface area contributed by atoms with E-state index in [1.807, 2.05) is 6.08 Å². The predicted octanol–water partition coefficient (Wildman–Crippen LogP) is 2.38. The molecule has 5 heteroatoms. The molecule has 0 fully saturated rings. The first-order chi connectivity index (χ1) is 10.5.